The number of β-amino-alcohol motifs (C(OH)–C–C–N with tert-alkyl or cyclic N) is 1. The lowest BCUT2D eigenvalue weighted by Crippen LogP contribution is -2.39. The van der Waals surface area contributed by atoms with Gasteiger partial charge in [-0.25, -0.2) is 0 Å². The third kappa shape index (κ3) is 3.09. The number of aliphatic hydroxyl groups is 1. The Bertz CT molecular complexity index is 120. The maximum atomic E-state index is 9.16. The van der Waals surface area contributed by atoms with Gasteiger partial charge in [-0.05, 0) is 45.3 Å². The monoisotopic (exact) mass is 172 g/mol. The van der Waals surface area contributed by atoms with Crippen LogP contribution in [0, 0.1) is 5.92 Å². The Morgan fingerprint density at radius 1 is 1.50 bits per heavy atom. The number of hydrogen-bond donors (Lipinski definition) is 2. The Morgan fingerprint density at radius 3 is 2.50 bits per heavy atom. The molecule has 1 rings (SSSR count). The SMILES string of the molecule is C[C@H](O)CN1CCC(CN)CC1. The van der Waals surface area contributed by atoms with Gasteiger partial charge < -0.3 is 15.7 Å². The highest BCUT2D eigenvalue weighted by Crippen LogP contribution is 2.15. The smallest absolute Gasteiger partial charge is 0.0639 e. The molecule has 0 aliphatic carbocycles. The Morgan fingerprint density at radius 2 is 2.08 bits per heavy atom. The number of likely N-dealkylation sites (tertiary alicyclic amines) is 1. The second-order valence-corrected chi connectivity index (χ2v) is 3.83. The molecule has 1 aliphatic rings. The minimum absolute atomic E-state index is 0.195. The minimum Gasteiger partial charge on any atom is -0.392 e. The summed E-state index contributed by atoms with van der Waals surface area (Å²) in [7, 11) is 0. The minimum atomic E-state index is -0.195. The van der Waals surface area contributed by atoms with Crippen LogP contribution in [-0.2, 0) is 0 Å². The number of piperidine rings is 1. The van der Waals surface area contributed by atoms with E-state index >= 15 is 0 Å². The standard InChI is InChI=1S/C9H20N2O/c1-8(12)7-11-4-2-9(6-10)3-5-11/h8-9,12H,2-7,10H2,1H3/t8-/m0/s1. The zero-order valence-corrected chi connectivity index (χ0v) is 7.87. The Labute approximate surface area is 74.5 Å². The van der Waals surface area contributed by atoms with Gasteiger partial charge in [-0.15, -0.1) is 0 Å². The molecular formula is C9H20N2O. The molecule has 0 aromatic carbocycles. The van der Waals surface area contributed by atoms with Gasteiger partial charge >= 0.3 is 0 Å². The molecule has 12 heavy (non-hydrogen) atoms. The lowest BCUT2D eigenvalue weighted by atomic mass is 9.97. The highest BCUT2D eigenvalue weighted by Gasteiger charge is 2.18. The molecule has 0 bridgehead atoms. The summed E-state index contributed by atoms with van der Waals surface area (Å²) in [4.78, 5) is 2.32. The van der Waals surface area contributed by atoms with E-state index in [4.69, 9.17) is 10.8 Å². The first-order valence-electron chi connectivity index (χ1n) is 4.83. The van der Waals surface area contributed by atoms with Crippen LogP contribution in [0.2, 0.25) is 0 Å². The van der Waals surface area contributed by atoms with Crippen molar-refractivity contribution in [1.82, 2.24) is 4.90 Å². The van der Waals surface area contributed by atoms with Crippen molar-refractivity contribution in [2.75, 3.05) is 26.2 Å². The largest absolute Gasteiger partial charge is 0.392 e. The van der Waals surface area contributed by atoms with Crippen LogP contribution in [0.5, 0.6) is 0 Å². The van der Waals surface area contributed by atoms with Gasteiger partial charge in [0.2, 0.25) is 0 Å². The Balaban J connectivity index is 2.17. The zero-order chi connectivity index (χ0) is 8.97. The van der Waals surface area contributed by atoms with Crippen molar-refractivity contribution in [2.24, 2.45) is 11.7 Å². The van der Waals surface area contributed by atoms with E-state index < -0.39 is 0 Å². The van der Waals surface area contributed by atoms with E-state index in [0.717, 1.165) is 32.1 Å². The van der Waals surface area contributed by atoms with Crippen LogP contribution in [0.1, 0.15) is 19.8 Å². The van der Waals surface area contributed by atoms with Gasteiger partial charge in [0, 0.05) is 6.54 Å². The molecule has 1 saturated heterocycles. The Kier molecular flexibility index (Phi) is 3.98. The first kappa shape index (κ1) is 9.96. The van der Waals surface area contributed by atoms with Crippen LogP contribution >= 0.6 is 0 Å². The highest BCUT2D eigenvalue weighted by atomic mass is 16.3. The lowest BCUT2D eigenvalue weighted by molar-refractivity contribution is 0.101. The van der Waals surface area contributed by atoms with E-state index in [9.17, 15) is 0 Å². The van der Waals surface area contributed by atoms with Gasteiger partial charge in [0.15, 0.2) is 0 Å². The molecule has 1 aliphatic heterocycles. The molecule has 0 radical (unpaired) electrons. The average molecular weight is 172 g/mol. The van der Waals surface area contributed by atoms with E-state index in [1.807, 2.05) is 6.92 Å². The number of nitrogens with zero attached hydrogens (tertiary/aromatic N) is 1. The molecule has 1 fully saturated rings. The topological polar surface area (TPSA) is 49.5 Å². The van der Waals surface area contributed by atoms with E-state index in [2.05, 4.69) is 4.90 Å². The number of hydrogen-bond acceptors (Lipinski definition) is 3. The van der Waals surface area contributed by atoms with Gasteiger partial charge in [-0.2, -0.15) is 0 Å². The number of rotatable bonds is 3. The van der Waals surface area contributed by atoms with Gasteiger partial charge in [0.1, 0.15) is 0 Å². The maximum absolute atomic E-state index is 9.16. The molecule has 3 heteroatoms. The predicted octanol–water partition coefficient (Wildman–Crippen LogP) is 0.0379. The van der Waals surface area contributed by atoms with Crippen LogP contribution < -0.4 is 5.73 Å². The van der Waals surface area contributed by atoms with Crippen LogP contribution in [0.4, 0.5) is 0 Å². The van der Waals surface area contributed by atoms with Crippen molar-refractivity contribution in [3.8, 4) is 0 Å². The second kappa shape index (κ2) is 4.80. The first-order chi connectivity index (χ1) is 5.72. The molecule has 3 nitrogen and oxygen atoms in total. The fourth-order valence-electron chi connectivity index (χ4n) is 1.78. The average Bonchev–Trinajstić information content (AvgIpc) is 2.05. The molecule has 1 heterocycles. The van der Waals surface area contributed by atoms with Gasteiger partial charge in [-0.1, -0.05) is 0 Å². The summed E-state index contributed by atoms with van der Waals surface area (Å²) in [6.07, 6.45) is 2.20. The van der Waals surface area contributed by atoms with Crippen molar-refractivity contribution < 1.29 is 5.11 Å². The van der Waals surface area contributed by atoms with E-state index in [-0.39, 0.29) is 6.10 Å². The van der Waals surface area contributed by atoms with Crippen molar-refractivity contribution in [3.63, 3.8) is 0 Å². The lowest BCUT2D eigenvalue weighted by Gasteiger charge is -2.31. The molecule has 3 N–H and O–H groups in total. The van der Waals surface area contributed by atoms with Gasteiger partial charge in [-0.3, -0.25) is 0 Å². The van der Waals surface area contributed by atoms with Crippen LogP contribution in [0.15, 0.2) is 0 Å². The summed E-state index contributed by atoms with van der Waals surface area (Å²) >= 11 is 0. The molecule has 0 unspecified atom stereocenters. The predicted molar refractivity (Wildman–Crippen MR) is 49.9 cm³/mol. The molecule has 0 spiro atoms. The second-order valence-electron chi connectivity index (χ2n) is 3.83. The van der Waals surface area contributed by atoms with Crippen molar-refractivity contribution in [2.45, 2.75) is 25.9 Å². The molecule has 0 amide bonds. The van der Waals surface area contributed by atoms with E-state index in [0.29, 0.717) is 0 Å². The fourth-order valence-corrected chi connectivity index (χ4v) is 1.78. The van der Waals surface area contributed by atoms with Crippen LogP contribution in [0.3, 0.4) is 0 Å². The van der Waals surface area contributed by atoms with E-state index in [1.54, 1.807) is 0 Å². The van der Waals surface area contributed by atoms with Crippen LogP contribution in [-0.4, -0.2) is 42.3 Å². The summed E-state index contributed by atoms with van der Waals surface area (Å²) in [5, 5.41) is 9.16. The molecule has 0 aromatic heterocycles. The first-order valence-corrected chi connectivity index (χ1v) is 4.83. The quantitative estimate of drug-likeness (QED) is 0.632. The van der Waals surface area contributed by atoms with Crippen molar-refractivity contribution in [1.29, 1.82) is 0 Å². The van der Waals surface area contributed by atoms with Crippen molar-refractivity contribution in [3.05, 3.63) is 0 Å². The summed E-state index contributed by atoms with van der Waals surface area (Å²) in [6, 6.07) is 0. The normalized spacial score (nSPS) is 24.2. The fraction of sp³-hybridized carbons (Fsp3) is 1.00. The molecule has 0 aromatic rings. The highest BCUT2D eigenvalue weighted by molar-refractivity contribution is 4.73. The molecule has 72 valence electrons. The Hall–Kier alpha value is -0.120. The summed E-state index contributed by atoms with van der Waals surface area (Å²) < 4.78 is 0. The number of aliphatic hydroxyl groups excluding tert-OH is 1. The summed E-state index contributed by atoms with van der Waals surface area (Å²) in [6.45, 7) is 5.69. The van der Waals surface area contributed by atoms with Crippen molar-refractivity contribution >= 4 is 0 Å². The molecule has 1 atom stereocenters. The number of nitrogens with two attached hydrogens (primary N) is 1. The molecular weight excluding hydrogens is 152 g/mol. The third-order valence-corrected chi connectivity index (χ3v) is 2.56. The van der Waals surface area contributed by atoms with Gasteiger partial charge in [0.05, 0.1) is 6.10 Å². The van der Waals surface area contributed by atoms with E-state index in [1.165, 1.54) is 12.8 Å². The summed E-state index contributed by atoms with van der Waals surface area (Å²) in [5.41, 5.74) is 5.58. The third-order valence-electron chi connectivity index (χ3n) is 2.56. The van der Waals surface area contributed by atoms with Gasteiger partial charge in [0.25, 0.3) is 0 Å². The summed E-state index contributed by atoms with van der Waals surface area (Å²) in [5.74, 6) is 0.718. The molecule has 0 saturated carbocycles. The maximum Gasteiger partial charge on any atom is 0.0639 e. The van der Waals surface area contributed by atoms with Crippen LogP contribution in [0.25, 0.3) is 0 Å². The zero-order valence-electron chi connectivity index (χ0n) is 7.87.